The topological polar surface area (TPSA) is 12.9 Å². The zero-order valence-electron chi connectivity index (χ0n) is 29.4. The van der Waals surface area contributed by atoms with E-state index in [9.17, 15) is 0 Å². The Hall–Kier alpha value is -5.53. The minimum Gasteiger partial charge on any atom is -0.256 e. The Bertz CT molecular complexity index is 2240. The van der Waals surface area contributed by atoms with Crippen molar-refractivity contribution < 1.29 is 0 Å². The molecule has 1 aliphatic rings. The number of nitrogens with zero attached hydrogens (tertiary/aromatic N) is 1. The maximum atomic E-state index is 5.10. The van der Waals surface area contributed by atoms with Gasteiger partial charge in [-0.2, -0.15) is 0 Å². The maximum absolute atomic E-state index is 5.10. The summed E-state index contributed by atoms with van der Waals surface area (Å²) in [5, 5.41) is 0. The summed E-state index contributed by atoms with van der Waals surface area (Å²) in [7, 11) is 0. The Morgan fingerprint density at radius 3 is 1.44 bits per heavy atom. The van der Waals surface area contributed by atoms with Crippen LogP contribution in [0.15, 0.2) is 164 Å². The van der Waals surface area contributed by atoms with Gasteiger partial charge in [0.05, 0.1) is 5.69 Å². The Morgan fingerprint density at radius 1 is 0.360 bits per heavy atom. The normalized spacial score (nSPS) is 14.6. The molecule has 6 aromatic carbocycles. The van der Waals surface area contributed by atoms with E-state index in [1.54, 1.807) is 0 Å². The molecule has 0 spiro atoms. The Labute approximate surface area is 297 Å². The largest absolute Gasteiger partial charge is 0.256 e. The Morgan fingerprint density at radius 2 is 0.840 bits per heavy atom. The van der Waals surface area contributed by atoms with Gasteiger partial charge in [-0.1, -0.05) is 149 Å². The van der Waals surface area contributed by atoms with Crippen LogP contribution < -0.4 is 0 Å². The molecule has 244 valence electrons. The molecule has 1 heteroatoms. The van der Waals surface area contributed by atoms with E-state index in [1.165, 1.54) is 79.6 Å². The third kappa shape index (κ3) is 6.09. The molecule has 0 amide bonds. The van der Waals surface area contributed by atoms with Crippen molar-refractivity contribution in [2.24, 2.45) is 0 Å². The van der Waals surface area contributed by atoms with Crippen LogP contribution in [0.5, 0.6) is 0 Å². The summed E-state index contributed by atoms with van der Waals surface area (Å²) in [6.07, 6.45) is 4.52. The van der Waals surface area contributed by atoms with E-state index in [-0.39, 0.29) is 10.8 Å². The summed E-state index contributed by atoms with van der Waals surface area (Å²) >= 11 is 0. The zero-order chi connectivity index (χ0) is 34.3. The first-order valence-electron chi connectivity index (χ1n) is 17.8. The number of pyridine rings is 1. The molecule has 0 fully saturated rings. The number of benzene rings is 6. The molecule has 8 rings (SSSR count). The first-order valence-corrected chi connectivity index (χ1v) is 17.8. The van der Waals surface area contributed by atoms with E-state index in [0.29, 0.717) is 0 Å². The molecular formula is C49H43N. The molecule has 1 aromatic heterocycles. The molecule has 0 atom stereocenters. The fraction of sp³-hybridized carbons (Fsp3) is 0.163. The minimum atomic E-state index is 0.122. The number of aromatic nitrogens is 1. The van der Waals surface area contributed by atoms with Gasteiger partial charge in [-0.05, 0) is 127 Å². The van der Waals surface area contributed by atoms with Crippen LogP contribution in [0.2, 0.25) is 0 Å². The summed E-state index contributed by atoms with van der Waals surface area (Å²) in [6.45, 7) is 9.49. The summed E-state index contributed by atoms with van der Waals surface area (Å²) in [4.78, 5) is 5.10. The molecule has 0 saturated carbocycles. The van der Waals surface area contributed by atoms with Crippen molar-refractivity contribution in [2.45, 2.75) is 51.4 Å². The van der Waals surface area contributed by atoms with E-state index in [1.807, 2.05) is 0 Å². The van der Waals surface area contributed by atoms with Crippen molar-refractivity contribution in [3.63, 3.8) is 0 Å². The lowest BCUT2D eigenvalue weighted by Crippen LogP contribution is -2.34. The average Bonchev–Trinajstić information content (AvgIpc) is 3.17. The first-order chi connectivity index (χ1) is 24.2. The molecule has 50 heavy (non-hydrogen) atoms. The highest BCUT2D eigenvalue weighted by atomic mass is 14.7. The molecule has 0 radical (unpaired) electrons. The second kappa shape index (κ2) is 12.7. The summed E-state index contributed by atoms with van der Waals surface area (Å²) in [5.74, 6) is 0. The molecular weight excluding hydrogens is 603 g/mol. The molecule has 0 aliphatic heterocycles. The summed E-state index contributed by atoms with van der Waals surface area (Å²) < 4.78 is 0. The van der Waals surface area contributed by atoms with E-state index in [0.717, 1.165) is 11.3 Å². The lowest BCUT2D eigenvalue weighted by molar-refractivity contribution is 0.331. The van der Waals surface area contributed by atoms with Gasteiger partial charge in [-0.3, -0.25) is 4.98 Å². The lowest BCUT2D eigenvalue weighted by Gasteiger charge is -2.41. The predicted molar refractivity (Wildman–Crippen MR) is 212 cm³/mol. The van der Waals surface area contributed by atoms with Crippen LogP contribution in [0.1, 0.15) is 51.7 Å². The smallest absolute Gasteiger partial charge is 0.0705 e. The van der Waals surface area contributed by atoms with Crippen LogP contribution >= 0.6 is 0 Å². The molecule has 1 aliphatic carbocycles. The standard InChI is InChI=1S/C49H43N/c1-48(2)25-26-49(3,4)46-33-50-47(32-45(46)48)39-23-24-43(36-19-12-7-13-20-36)44(31-39)38-22-14-21-37(27-38)42-29-40(34-15-8-5-9-16-34)28-41(30-42)35-17-10-6-11-18-35/h5-24,27-33H,25-26H2,1-4H3. The lowest BCUT2D eigenvalue weighted by atomic mass is 9.63. The second-order valence-corrected chi connectivity index (χ2v) is 15.1. The fourth-order valence-corrected chi connectivity index (χ4v) is 7.67. The van der Waals surface area contributed by atoms with Gasteiger partial charge >= 0.3 is 0 Å². The summed E-state index contributed by atoms with van der Waals surface area (Å²) in [5.41, 5.74) is 17.3. The highest BCUT2D eigenvalue weighted by Gasteiger charge is 2.37. The molecule has 0 N–H and O–H groups in total. The van der Waals surface area contributed by atoms with Crippen LogP contribution in [-0.4, -0.2) is 4.98 Å². The maximum Gasteiger partial charge on any atom is 0.0705 e. The van der Waals surface area contributed by atoms with Gasteiger partial charge in [0.1, 0.15) is 0 Å². The number of hydrogen-bond acceptors (Lipinski definition) is 1. The van der Waals surface area contributed by atoms with Crippen molar-refractivity contribution in [3.8, 4) is 66.9 Å². The zero-order valence-corrected chi connectivity index (χ0v) is 29.4. The van der Waals surface area contributed by atoms with E-state index < -0.39 is 0 Å². The van der Waals surface area contributed by atoms with E-state index >= 15 is 0 Å². The van der Waals surface area contributed by atoms with Gasteiger partial charge in [0, 0.05) is 11.8 Å². The molecule has 0 saturated heterocycles. The van der Waals surface area contributed by atoms with Crippen molar-refractivity contribution >= 4 is 0 Å². The van der Waals surface area contributed by atoms with Crippen LogP contribution in [0.3, 0.4) is 0 Å². The predicted octanol–water partition coefficient (Wildman–Crippen LogP) is 13.4. The van der Waals surface area contributed by atoms with Crippen LogP contribution in [0.4, 0.5) is 0 Å². The SMILES string of the molecule is CC1(C)CCC(C)(C)c2cc(-c3ccc(-c4ccccc4)c(-c4cccc(-c5cc(-c6ccccc6)cc(-c6ccccc6)c5)c4)c3)ncc21. The Kier molecular flexibility index (Phi) is 8.08. The monoisotopic (exact) mass is 645 g/mol. The van der Waals surface area contributed by atoms with Gasteiger partial charge in [-0.15, -0.1) is 0 Å². The molecule has 0 unspecified atom stereocenters. The van der Waals surface area contributed by atoms with Crippen LogP contribution in [0, 0.1) is 0 Å². The van der Waals surface area contributed by atoms with Crippen molar-refractivity contribution in [1.29, 1.82) is 0 Å². The van der Waals surface area contributed by atoms with E-state index in [2.05, 4.69) is 192 Å². The third-order valence-electron chi connectivity index (χ3n) is 10.8. The molecule has 7 aromatic rings. The van der Waals surface area contributed by atoms with Crippen molar-refractivity contribution in [2.75, 3.05) is 0 Å². The minimum absolute atomic E-state index is 0.122. The third-order valence-corrected chi connectivity index (χ3v) is 10.8. The van der Waals surface area contributed by atoms with Gasteiger partial charge < -0.3 is 0 Å². The number of hydrogen-bond donors (Lipinski definition) is 0. The summed E-state index contributed by atoms with van der Waals surface area (Å²) in [6, 6.07) is 57.4. The van der Waals surface area contributed by atoms with Crippen molar-refractivity contribution in [1.82, 2.24) is 4.98 Å². The highest BCUT2D eigenvalue weighted by Crippen LogP contribution is 2.47. The van der Waals surface area contributed by atoms with Crippen molar-refractivity contribution in [3.05, 3.63) is 175 Å². The van der Waals surface area contributed by atoms with Crippen LogP contribution in [-0.2, 0) is 10.8 Å². The molecule has 1 nitrogen and oxygen atoms in total. The van der Waals surface area contributed by atoms with Crippen LogP contribution in [0.25, 0.3) is 66.9 Å². The average molecular weight is 646 g/mol. The molecule has 1 heterocycles. The van der Waals surface area contributed by atoms with E-state index in [4.69, 9.17) is 4.98 Å². The van der Waals surface area contributed by atoms with Gasteiger partial charge in [-0.25, -0.2) is 0 Å². The number of rotatable bonds is 6. The Balaban J connectivity index is 1.28. The van der Waals surface area contributed by atoms with Gasteiger partial charge in [0.25, 0.3) is 0 Å². The number of fused-ring (bicyclic) bond motifs is 1. The second-order valence-electron chi connectivity index (χ2n) is 15.1. The highest BCUT2D eigenvalue weighted by molar-refractivity contribution is 5.89. The molecule has 0 bridgehead atoms. The van der Waals surface area contributed by atoms with Gasteiger partial charge in [0.15, 0.2) is 0 Å². The quantitative estimate of drug-likeness (QED) is 0.175. The van der Waals surface area contributed by atoms with Gasteiger partial charge in [0.2, 0.25) is 0 Å². The fourth-order valence-electron chi connectivity index (χ4n) is 7.67. The first kappa shape index (κ1) is 31.7.